The van der Waals surface area contributed by atoms with Gasteiger partial charge in [0.05, 0.1) is 0 Å². The molecule has 0 aliphatic heterocycles. The fraction of sp³-hybridized carbons (Fsp3) is 0.304. The van der Waals surface area contributed by atoms with Gasteiger partial charge in [0.2, 0.25) is 11.7 Å². The van der Waals surface area contributed by atoms with E-state index >= 15 is 0 Å². The third-order valence-corrected chi connectivity index (χ3v) is 5.40. The summed E-state index contributed by atoms with van der Waals surface area (Å²) in [4.78, 5) is 25.3. The van der Waals surface area contributed by atoms with E-state index in [0.717, 1.165) is 6.42 Å². The van der Waals surface area contributed by atoms with Gasteiger partial charge in [-0.3, -0.25) is 9.59 Å². The lowest BCUT2D eigenvalue weighted by molar-refractivity contribution is -0.116. The predicted octanol–water partition coefficient (Wildman–Crippen LogP) is 5.73. The molecule has 0 radical (unpaired) electrons. The van der Waals surface area contributed by atoms with Gasteiger partial charge in [-0.25, -0.2) is 4.39 Å². The third kappa shape index (κ3) is 4.47. The maximum Gasteiger partial charge on any atom is 0.293 e. The number of fused-ring (bicyclic) bond motifs is 1. The number of benzene rings is 2. The SMILES string of the molecule is O=C(CCC1CCCC1)Nc1c(C(=O)Nc2cccc(F)c2)oc2ccccc12. The highest BCUT2D eigenvalue weighted by atomic mass is 19.1. The van der Waals surface area contributed by atoms with Gasteiger partial charge in [-0.1, -0.05) is 43.9 Å². The molecule has 4 rings (SSSR count). The molecule has 1 aliphatic rings. The molecule has 1 heterocycles. The largest absolute Gasteiger partial charge is 0.449 e. The summed E-state index contributed by atoms with van der Waals surface area (Å²) in [5, 5.41) is 6.15. The first-order valence-corrected chi connectivity index (χ1v) is 9.98. The minimum atomic E-state index is -0.544. The number of hydrogen-bond acceptors (Lipinski definition) is 3. The molecule has 6 heteroatoms. The monoisotopic (exact) mass is 394 g/mol. The first-order valence-electron chi connectivity index (χ1n) is 9.98. The van der Waals surface area contributed by atoms with Crippen LogP contribution < -0.4 is 10.6 Å². The molecule has 150 valence electrons. The number of anilines is 2. The number of hydrogen-bond donors (Lipinski definition) is 2. The van der Waals surface area contributed by atoms with Crippen molar-refractivity contribution in [3.05, 3.63) is 60.1 Å². The Hall–Kier alpha value is -3.15. The van der Waals surface area contributed by atoms with E-state index in [-0.39, 0.29) is 11.7 Å². The Morgan fingerprint density at radius 3 is 2.62 bits per heavy atom. The van der Waals surface area contributed by atoms with E-state index < -0.39 is 11.7 Å². The molecule has 1 aliphatic carbocycles. The van der Waals surface area contributed by atoms with Crippen molar-refractivity contribution in [3.63, 3.8) is 0 Å². The summed E-state index contributed by atoms with van der Waals surface area (Å²) in [6.45, 7) is 0. The Balaban J connectivity index is 1.55. The van der Waals surface area contributed by atoms with E-state index in [9.17, 15) is 14.0 Å². The van der Waals surface area contributed by atoms with Crippen LogP contribution in [-0.4, -0.2) is 11.8 Å². The molecule has 5 nitrogen and oxygen atoms in total. The second kappa shape index (κ2) is 8.47. The first-order chi connectivity index (χ1) is 14.1. The van der Waals surface area contributed by atoms with Gasteiger partial charge >= 0.3 is 0 Å². The van der Waals surface area contributed by atoms with E-state index in [4.69, 9.17) is 4.42 Å². The Morgan fingerprint density at radius 1 is 1.03 bits per heavy atom. The lowest BCUT2D eigenvalue weighted by Gasteiger charge is -2.10. The minimum absolute atomic E-state index is 0.00433. The summed E-state index contributed by atoms with van der Waals surface area (Å²) in [7, 11) is 0. The molecular formula is C23H23FN2O3. The third-order valence-electron chi connectivity index (χ3n) is 5.40. The molecule has 1 aromatic heterocycles. The number of carbonyl (C=O) groups excluding carboxylic acids is 2. The van der Waals surface area contributed by atoms with Crippen LogP contribution in [0.25, 0.3) is 11.0 Å². The molecule has 3 aromatic rings. The first kappa shape index (κ1) is 19.2. The molecule has 1 saturated carbocycles. The van der Waals surface area contributed by atoms with Crippen molar-refractivity contribution < 1.29 is 18.4 Å². The van der Waals surface area contributed by atoms with Crippen LogP contribution in [0.3, 0.4) is 0 Å². The normalized spacial score (nSPS) is 14.2. The summed E-state index contributed by atoms with van der Waals surface area (Å²) in [5.74, 6) is -0.517. The molecule has 1 fully saturated rings. The topological polar surface area (TPSA) is 71.3 Å². The number of rotatable bonds is 6. The van der Waals surface area contributed by atoms with E-state index in [2.05, 4.69) is 10.6 Å². The number of nitrogens with one attached hydrogen (secondary N) is 2. The summed E-state index contributed by atoms with van der Waals surface area (Å²) in [5.41, 5.74) is 1.17. The van der Waals surface area contributed by atoms with Crippen LogP contribution >= 0.6 is 0 Å². The zero-order chi connectivity index (χ0) is 20.2. The van der Waals surface area contributed by atoms with Crippen molar-refractivity contribution in [3.8, 4) is 0 Å². The standard InChI is InChI=1S/C23H23FN2O3/c24-16-8-5-9-17(14-16)25-23(28)22-21(18-10-3-4-11-19(18)29-22)26-20(27)13-12-15-6-1-2-7-15/h3-5,8-11,14-15H,1-2,6-7,12-13H2,(H,25,28)(H,26,27). The van der Waals surface area contributed by atoms with Crippen LogP contribution in [0, 0.1) is 11.7 Å². The van der Waals surface area contributed by atoms with E-state index in [1.54, 1.807) is 24.3 Å². The van der Waals surface area contributed by atoms with Gasteiger partial charge in [-0.15, -0.1) is 0 Å². The summed E-state index contributed by atoms with van der Waals surface area (Å²) in [6.07, 6.45) is 6.11. The summed E-state index contributed by atoms with van der Waals surface area (Å²) < 4.78 is 19.1. The summed E-state index contributed by atoms with van der Waals surface area (Å²) in [6, 6.07) is 12.8. The summed E-state index contributed by atoms with van der Waals surface area (Å²) >= 11 is 0. The average Bonchev–Trinajstić information content (AvgIpc) is 3.35. The zero-order valence-electron chi connectivity index (χ0n) is 16.0. The molecule has 0 saturated heterocycles. The number of amides is 2. The van der Waals surface area contributed by atoms with Crippen molar-refractivity contribution in [2.24, 2.45) is 5.92 Å². The maximum absolute atomic E-state index is 13.4. The Morgan fingerprint density at radius 2 is 1.83 bits per heavy atom. The molecule has 0 spiro atoms. The Labute approximate surface area is 168 Å². The van der Waals surface area contributed by atoms with Crippen LogP contribution in [-0.2, 0) is 4.79 Å². The molecule has 0 unspecified atom stereocenters. The molecule has 0 atom stereocenters. The Bertz CT molecular complexity index is 1040. The highest BCUT2D eigenvalue weighted by molar-refractivity contribution is 6.14. The number of carbonyl (C=O) groups is 2. The van der Waals surface area contributed by atoms with Crippen LogP contribution in [0.4, 0.5) is 15.8 Å². The van der Waals surface area contributed by atoms with Gasteiger partial charge in [0.15, 0.2) is 0 Å². The lowest BCUT2D eigenvalue weighted by atomic mass is 10.0. The molecule has 2 aromatic carbocycles. The lowest BCUT2D eigenvalue weighted by Crippen LogP contribution is -2.17. The number of para-hydroxylation sites is 1. The average molecular weight is 394 g/mol. The van der Waals surface area contributed by atoms with Crippen LogP contribution in [0.1, 0.15) is 49.1 Å². The second-order valence-electron chi connectivity index (χ2n) is 7.50. The molecule has 2 amide bonds. The quantitative estimate of drug-likeness (QED) is 0.561. The van der Waals surface area contributed by atoms with Gasteiger partial charge < -0.3 is 15.1 Å². The van der Waals surface area contributed by atoms with Crippen molar-refractivity contribution >= 4 is 34.2 Å². The molecule has 2 N–H and O–H groups in total. The zero-order valence-corrected chi connectivity index (χ0v) is 16.0. The van der Waals surface area contributed by atoms with E-state index in [1.807, 2.05) is 6.07 Å². The predicted molar refractivity (Wildman–Crippen MR) is 110 cm³/mol. The van der Waals surface area contributed by atoms with Crippen molar-refractivity contribution in [1.29, 1.82) is 0 Å². The van der Waals surface area contributed by atoms with Gasteiger partial charge in [0.1, 0.15) is 17.1 Å². The minimum Gasteiger partial charge on any atom is -0.449 e. The number of halogens is 1. The van der Waals surface area contributed by atoms with Crippen LogP contribution in [0.15, 0.2) is 52.9 Å². The smallest absolute Gasteiger partial charge is 0.293 e. The second-order valence-corrected chi connectivity index (χ2v) is 7.50. The molecule has 0 bridgehead atoms. The fourth-order valence-electron chi connectivity index (χ4n) is 3.92. The van der Waals surface area contributed by atoms with Crippen LogP contribution in [0.5, 0.6) is 0 Å². The highest BCUT2D eigenvalue weighted by Gasteiger charge is 2.23. The van der Waals surface area contributed by atoms with E-state index in [1.165, 1.54) is 43.9 Å². The van der Waals surface area contributed by atoms with Gasteiger partial charge in [-0.05, 0) is 42.7 Å². The molecule has 29 heavy (non-hydrogen) atoms. The number of furan rings is 1. The fourth-order valence-corrected chi connectivity index (χ4v) is 3.92. The van der Waals surface area contributed by atoms with Gasteiger partial charge in [0, 0.05) is 17.5 Å². The van der Waals surface area contributed by atoms with Crippen molar-refractivity contribution in [2.45, 2.75) is 38.5 Å². The van der Waals surface area contributed by atoms with Crippen LogP contribution in [0.2, 0.25) is 0 Å². The van der Waals surface area contributed by atoms with Crippen molar-refractivity contribution in [2.75, 3.05) is 10.6 Å². The van der Waals surface area contributed by atoms with Crippen molar-refractivity contribution in [1.82, 2.24) is 0 Å². The Kier molecular flexibility index (Phi) is 5.60. The van der Waals surface area contributed by atoms with Gasteiger partial charge in [-0.2, -0.15) is 0 Å². The maximum atomic E-state index is 13.4. The highest BCUT2D eigenvalue weighted by Crippen LogP contribution is 2.33. The van der Waals surface area contributed by atoms with Gasteiger partial charge in [0.25, 0.3) is 5.91 Å². The van der Waals surface area contributed by atoms with E-state index in [0.29, 0.717) is 34.7 Å². The molecular weight excluding hydrogens is 371 g/mol.